The zero-order valence-electron chi connectivity index (χ0n) is 9.62. The van der Waals surface area contributed by atoms with Gasteiger partial charge in [0.05, 0.1) is 18.5 Å². The van der Waals surface area contributed by atoms with Gasteiger partial charge in [0.2, 0.25) is 0 Å². The number of methoxy groups -OCH3 is 1. The van der Waals surface area contributed by atoms with E-state index in [1.54, 1.807) is 20.9 Å². The normalized spacial score (nSPS) is 11.8. The Bertz CT molecular complexity index is 294. The van der Waals surface area contributed by atoms with Crippen LogP contribution < -0.4 is 16.2 Å². The molecule has 0 aromatic carbocycles. The van der Waals surface area contributed by atoms with E-state index in [1.165, 1.54) is 7.11 Å². The number of rotatable bonds is 3. The van der Waals surface area contributed by atoms with Gasteiger partial charge in [0.15, 0.2) is 5.11 Å². The summed E-state index contributed by atoms with van der Waals surface area (Å²) in [4.78, 5) is 0. The first kappa shape index (κ1) is 14.7. The van der Waals surface area contributed by atoms with Crippen molar-refractivity contribution in [3.05, 3.63) is 0 Å². The van der Waals surface area contributed by atoms with Crippen molar-refractivity contribution in [3.8, 4) is 0 Å². The lowest BCUT2D eigenvalue weighted by Gasteiger charge is -2.04. The maximum absolute atomic E-state index is 4.86. The Morgan fingerprint density at radius 3 is 2.00 bits per heavy atom. The van der Waals surface area contributed by atoms with E-state index in [0.29, 0.717) is 16.5 Å². The summed E-state index contributed by atoms with van der Waals surface area (Å²) < 4.78 is 4.72. The average molecular weight is 261 g/mol. The summed E-state index contributed by atoms with van der Waals surface area (Å²) in [5, 5.41) is 11.3. The highest BCUT2D eigenvalue weighted by Gasteiger charge is 1.98. The fourth-order valence-corrected chi connectivity index (χ4v) is 0.619. The molecule has 0 aliphatic heterocycles. The van der Waals surface area contributed by atoms with Crippen LogP contribution in [0.1, 0.15) is 13.8 Å². The number of thiocarbonyl (C=S) groups is 2. The maximum Gasteiger partial charge on any atom is 0.277 e. The van der Waals surface area contributed by atoms with Crippen molar-refractivity contribution < 1.29 is 4.74 Å². The second kappa shape index (κ2) is 7.94. The Morgan fingerprint density at radius 2 is 1.56 bits per heavy atom. The Balaban J connectivity index is 4.30. The van der Waals surface area contributed by atoms with Gasteiger partial charge in [-0.3, -0.25) is 5.43 Å². The van der Waals surface area contributed by atoms with Gasteiger partial charge in [-0.05, 0) is 38.3 Å². The van der Waals surface area contributed by atoms with Crippen molar-refractivity contribution in [2.75, 3.05) is 14.2 Å². The van der Waals surface area contributed by atoms with E-state index >= 15 is 0 Å². The van der Waals surface area contributed by atoms with Crippen LogP contribution in [0.5, 0.6) is 0 Å². The number of nitrogens with zero attached hydrogens (tertiary/aromatic N) is 2. The minimum atomic E-state index is 0.200. The summed E-state index contributed by atoms with van der Waals surface area (Å²) in [6, 6.07) is 0. The van der Waals surface area contributed by atoms with Crippen LogP contribution in [0, 0.1) is 0 Å². The summed E-state index contributed by atoms with van der Waals surface area (Å²) >= 11 is 9.62. The van der Waals surface area contributed by atoms with E-state index in [4.69, 9.17) is 29.2 Å². The number of hydrogen-bond donors (Lipinski definition) is 3. The van der Waals surface area contributed by atoms with Gasteiger partial charge in [0.25, 0.3) is 5.17 Å². The van der Waals surface area contributed by atoms with E-state index in [-0.39, 0.29) is 5.17 Å². The first-order valence-corrected chi connectivity index (χ1v) is 5.23. The second-order valence-corrected chi connectivity index (χ2v) is 3.47. The molecule has 6 nitrogen and oxygen atoms in total. The second-order valence-electron chi connectivity index (χ2n) is 2.69. The van der Waals surface area contributed by atoms with Crippen LogP contribution in [0.2, 0.25) is 0 Å². The van der Waals surface area contributed by atoms with Crippen LogP contribution in [0.4, 0.5) is 0 Å². The molecule has 0 aromatic rings. The van der Waals surface area contributed by atoms with Gasteiger partial charge in [0, 0.05) is 7.05 Å². The van der Waals surface area contributed by atoms with Crippen molar-refractivity contribution in [1.29, 1.82) is 0 Å². The van der Waals surface area contributed by atoms with Crippen molar-refractivity contribution in [3.63, 3.8) is 0 Å². The van der Waals surface area contributed by atoms with Crippen molar-refractivity contribution >= 4 is 46.1 Å². The summed E-state index contributed by atoms with van der Waals surface area (Å²) in [6.45, 7) is 3.58. The van der Waals surface area contributed by atoms with E-state index in [2.05, 4.69) is 26.4 Å². The van der Waals surface area contributed by atoms with Gasteiger partial charge in [0.1, 0.15) is 0 Å². The zero-order valence-corrected chi connectivity index (χ0v) is 11.3. The topological polar surface area (TPSA) is 70.0 Å². The number of hydrazone groups is 2. The minimum absolute atomic E-state index is 0.200. The Kier molecular flexibility index (Phi) is 7.31. The molecule has 0 aliphatic carbocycles. The smallest absolute Gasteiger partial charge is 0.277 e. The van der Waals surface area contributed by atoms with Gasteiger partial charge in [-0.2, -0.15) is 10.2 Å². The lowest BCUT2D eigenvalue weighted by molar-refractivity contribution is 0.394. The highest BCUT2D eigenvalue weighted by atomic mass is 32.1. The van der Waals surface area contributed by atoms with E-state index < -0.39 is 0 Å². The Labute approximate surface area is 106 Å². The molecule has 0 saturated heterocycles. The molecule has 0 radical (unpaired) electrons. The van der Waals surface area contributed by atoms with E-state index in [9.17, 15) is 0 Å². The molecule has 0 spiro atoms. The molecule has 16 heavy (non-hydrogen) atoms. The highest BCUT2D eigenvalue weighted by Crippen LogP contribution is 1.83. The Morgan fingerprint density at radius 1 is 1.06 bits per heavy atom. The van der Waals surface area contributed by atoms with Crippen LogP contribution in [0.25, 0.3) is 0 Å². The third kappa shape index (κ3) is 6.25. The summed E-state index contributed by atoms with van der Waals surface area (Å²) in [5.41, 5.74) is 6.56. The molecule has 0 unspecified atom stereocenters. The molecular formula is C8H15N5OS2. The molecule has 90 valence electrons. The van der Waals surface area contributed by atoms with Crippen LogP contribution in [0.3, 0.4) is 0 Å². The van der Waals surface area contributed by atoms with Crippen molar-refractivity contribution in [1.82, 2.24) is 16.2 Å². The predicted molar refractivity (Wildman–Crippen MR) is 73.8 cm³/mol. The average Bonchev–Trinajstić information content (AvgIpc) is 2.31. The number of hydrogen-bond acceptors (Lipinski definition) is 5. The van der Waals surface area contributed by atoms with E-state index in [0.717, 1.165) is 0 Å². The highest BCUT2D eigenvalue weighted by molar-refractivity contribution is 7.80. The first-order valence-electron chi connectivity index (χ1n) is 4.42. The van der Waals surface area contributed by atoms with Crippen LogP contribution >= 0.6 is 24.4 Å². The van der Waals surface area contributed by atoms with Crippen LogP contribution in [0.15, 0.2) is 10.2 Å². The molecule has 0 saturated carbocycles. The molecule has 0 aliphatic rings. The molecule has 8 heteroatoms. The van der Waals surface area contributed by atoms with E-state index in [1.807, 2.05) is 0 Å². The number of ether oxygens (including phenoxy) is 1. The molecule has 0 bridgehead atoms. The number of nitrogens with one attached hydrogen (secondary N) is 3. The largest absolute Gasteiger partial charge is 0.473 e. The SMILES string of the molecule is CNC(=S)N/N=C(C)/C(C)=N/NC(=S)OC. The summed E-state index contributed by atoms with van der Waals surface area (Å²) in [6.07, 6.45) is 0. The Hall–Kier alpha value is -1.28. The van der Waals surface area contributed by atoms with Crippen molar-refractivity contribution in [2.24, 2.45) is 10.2 Å². The fourth-order valence-electron chi connectivity index (χ4n) is 0.527. The van der Waals surface area contributed by atoms with Gasteiger partial charge in [-0.25, -0.2) is 5.43 Å². The standard InChI is InChI=1S/C8H15N5OS2/c1-5(10-12-7(15)9-3)6(2)11-13-8(16)14-4/h1-4H3,(H,13,16)(H2,9,12,15)/b10-5+,11-6+. The fraction of sp³-hybridized carbons (Fsp3) is 0.500. The molecule has 3 N–H and O–H groups in total. The lowest BCUT2D eigenvalue weighted by atomic mass is 10.3. The maximum atomic E-state index is 4.86. The predicted octanol–water partition coefficient (Wildman–Crippen LogP) is 0.353. The monoisotopic (exact) mass is 261 g/mol. The third-order valence-electron chi connectivity index (χ3n) is 1.58. The quantitative estimate of drug-likeness (QED) is 0.387. The zero-order chi connectivity index (χ0) is 12.6. The molecular weight excluding hydrogens is 246 g/mol. The van der Waals surface area contributed by atoms with Gasteiger partial charge in [-0.1, -0.05) is 0 Å². The molecule has 0 amide bonds. The third-order valence-corrected chi connectivity index (χ3v) is 2.13. The minimum Gasteiger partial charge on any atom is -0.473 e. The van der Waals surface area contributed by atoms with Gasteiger partial charge < -0.3 is 10.1 Å². The molecule has 0 heterocycles. The summed E-state index contributed by atoms with van der Waals surface area (Å²) in [7, 11) is 3.17. The van der Waals surface area contributed by atoms with Gasteiger partial charge >= 0.3 is 0 Å². The van der Waals surface area contributed by atoms with Crippen molar-refractivity contribution in [2.45, 2.75) is 13.8 Å². The summed E-state index contributed by atoms with van der Waals surface area (Å²) in [5.74, 6) is 0. The first-order chi connectivity index (χ1) is 7.51. The van der Waals surface area contributed by atoms with Crippen LogP contribution in [-0.4, -0.2) is 35.9 Å². The molecule has 0 aromatic heterocycles. The lowest BCUT2D eigenvalue weighted by Crippen LogP contribution is -2.30. The molecule has 0 atom stereocenters. The molecule has 0 rings (SSSR count). The van der Waals surface area contributed by atoms with Gasteiger partial charge in [-0.15, -0.1) is 0 Å². The van der Waals surface area contributed by atoms with Crippen LogP contribution in [-0.2, 0) is 4.74 Å². The molecule has 0 fully saturated rings.